The van der Waals surface area contributed by atoms with E-state index in [1.807, 2.05) is 6.07 Å². The van der Waals surface area contributed by atoms with Gasteiger partial charge in [0, 0.05) is 37.7 Å². The Morgan fingerprint density at radius 1 is 1.25 bits per heavy atom. The van der Waals surface area contributed by atoms with Crippen molar-refractivity contribution in [3.63, 3.8) is 0 Å². The third-order valence-electron chi connectivity index (χ3n) is 4.28. The molecule has 2 aliphatic heterocycles. The summed E-state index contributed by atoms with van der Waals surface area (Å²) in [6.45, 7) is 5.47. The van der Waals surface area contributed by atoms with Crippen molar-refractivity contribution < 1.29 is 9.47 Å². The Kier molecular flexibility index (Phi) is 4.55. The summed E-state index contributed by atoms with van der Waals surface area (Å²) in [6.07, 6.45) is 2.65. The lowest BCUT2D eigenvalue weighted by molar-refractivity contribution is 0.00997. The van der Waals surface area contributed by atoms with Crippen LogP contribution in [0.25, 0.3) is 0 Å². The first-order valence-corrected chi connectivity index (χ1v) is 7.62. The van der Waals surface area contributed by atoms with E-state index in [1.165, 1.54) is 5.56 Å². The van der Waals surface area contributed by atoms with Crippen molar-refractivity contribution in [2.45, 2.75) is 24.9 Å². The van der Waals surface area contributed by atoms with Crippen LogP contribution < -0.4 is 10.5 Å². The van der Waals surface area contributed by atoms with Gasteiger partial charge in [0.2, 0.25) is 0 Å². The maximum absolute atomic E-state index is 5.76. The predicted octanol–water partition coefficient (Wildman–Crippen LogP) is 1.60. The first-order valence-electron chi connectivity index (χ1n) is 7.62. The molecule has 20 heavy (non-hydrogen) atoms. The van der Waals surface area contributed by atoms with E-state index in [9.17, 15) is 0 Å². The van der Waals surface area contributed by atoms with Gasteiger partial charge >= 0.3 is 0 Å². The number of hydrogen-bond acceptors (Lipinski definition) is 4. The summed E-state index contributed by atoms with van der Waals surface area (Å²) in [5.41, 5.74) is 6.85. The van der Waals surface area contributed by atoms with E-state index in [4.69, 9.17) is 15.2 Å². The SMILES string of the molecule is NCCOC1CCN(CC2COc3ccccc32)CC1. The highest BCUT2D eigenvalue weighted by molar-refractivity contribution is 5.39. The molecule has 0 radical (unpaired) electrons. The molecular formula is C16H24N2O2. The molecule has 0 amide bonds. The second-order valence-corrected chi connectivity index (χ2v) is 5.71. The van der Waals surface area contributed by atoms with Crippen LogP contribution in [0.15, 0.2) is 24.3 Å². The molecule has 2 aliphatic rings. The number of likely N-dealkylation sites (tertiary alicyclic amines) is 1. The van der Waals surface area contributed by atoms with Crippen molar-refractivity contribution in [1.29, 1.82) is 0 Å². The molecule has 2 heterocycles. The van der Waals surface area contributed by atoms with E-state index in [2.05, 4.69) is 23.1 Å². The molecule has 1 aromatic carbocycles. The molecule has 4 heteroatoms. The Morgan fingerprint density at radius 3 is 2.85 bits per heavy atom. The van der Waals surface area contributed by atoms with Gasteiger partial charge in [0.25, 0.3) is 0 Å². The highest BCUT2D eigenvalue weighted by Gasteiger charge is 2.27. The van der Waals surface area contributed by atoms with Crippen LogP contribution in [-0.2, 0) is 4.74 Å². The van der Waals surface area contributed by atoms with E-state index < -0.39 is 0 Å². The van der Waals surface area contributed by atoms with Crippen molar-refractivity contribution in [2.24, 2.45) is 5.73 Å². The fourth-order valence-corrected chi connectivity index (χ4v) is 3.19. The van der Waals surface area contributed by atoms with Gasteiger partial charge < -0.3 is 20.1 Å². The molecule has 0 spiro atoms. The number of fused-ring (bicyclic) bond motifs is 1. The average Bonchev–Trinajstić information content (AvgIpc) is 2.90. The highest BCUT2D eigenvalue weighted by Crippen LogP contribution is 2.34. The molecule has 0 bridgehead atoms. The third-order valence-corrected chi connectivity index (χ3v) is 4.28. The predicted molar refractivity (Wildman–Crippen MR) is 79.1 cm³/mol. The monoisotopic (exact) mass is 276 g/mol. The normalized spacial score (nSPS) is 23.6. The number of benzene rings is 1. The van der Waals surface area contributed by atoms with Gasteiger partial charge in [0.05, 0.1) is 19.3 Å². The maximum atomic E-state index is 5.76. The molecule has 4 nitrogen and oxygen atoms in total. The van der Waals surface area contributed by atoms with Crippen LogP contribution in [0, 0.1) is 0 Å². The molecule has 1 unspecified atom stereocenters. The van der Waals surface area contributed by atoms with Crippen LogP contribution in [0.5, 0.6) is 5.75 Å². The number of piperidine rings is 1. The van der Waals surface area contributed by atoms with Gasteiger partial charge in [-0.3, -0.25) is 0 Å². The number of ether oxygens (including phenoxy) is 2. The van der Waals surface area contributed by atoms with Crippen molar-refractivity contribution in [3.05, 3.63) is 29.8 Å². The molecule has 2 N–H and O–H groups in total. The second kappa shape index (κ2) is 6.57. The molecule has 0 aliphatic carbocycles. The lowest BCUT2D eigenvalue weighted by Gasteiger charge is -2.33. The van der Waals surface area contributed by atoms with Gasteiger partial charge in [-0.25, -0.2) is 0 Å². The minimum Gasteiger partial charge on any atom is -0.493 e. The minimum absolute atomic E-state index is 0.405. The van der Waals surface area contributed by atoms with Gasteiger partial charge in [0.15, 0.2) is 0 Å². The Balaban J connectivity index is 1.49. The van der Waals surface area contributed by atoms with E-state index in [-0.39, 0.29) is 0 Å². The second-order valence-electron chi connectivity index (χ2n) is 5.71. The first kappa shape index (κ1) is 13.9. The Hall–Kier alpha value is -1.10. The van der Waals surface area contributed by atoms with Crippen LogP contribution >= 0.6 is 0 Å². The molecule has 1 atom stereocenters. The van der Waals surface area contributed by atoms with Gasteiger partial charge in [-0.15, -0.1) is 0 Å². The summed E-state index contributed by atoms with van der Waals surface area (Å²) in [6, 6.07) is 8.42. The Morgan fingerprint density at radius 2 is 2.05 bits per heavy atom. The van der Waals surface area contributed by atoms with E-state index >= 15 is 0 Å². The van der Waals surface area contributed by atoms with E-state index in [1.54, 1.807) is 0 Å². The molecule has 3 rings (SSSR count). The molecule has 1 saturated heterocycles. The fourth-order valence-electron chi connectivity index (χ4n) is 3.19. The van der Waals surface area contributed by atoms with E-state index in [0.717, 1.165) is 44.8 Å². The topological polar surface area (TPSA) is 47.7 Å². The molecule has 0 saturated carbocycles. The first-order chi connectivity index (χ1) is 9.86. The van der Waals surface area contributed by atoms with Crippen LogP contribution in [-0.4, -0.2) is 50.4 Å². The van der Waals surface area contributed by atoms with E-state index in [0.29, 0.717) is 25.2 Å². The quantitative estimate of drug-likeness (QED) is 0.887. The zero-order valence-electron chi connectivity index (χ0n) is 12.0. The Bertz CT molecular complexity index is 430. The van der Waals surface area contributed by atoms with Crippen molar-refractivity contribution in [2.75, 3.05) is 39.4 Å². The smallest absolute Gasteiger partial charge is 0.122 e. The summed E-state index contributed by atoms with van der Waals surface area (Å²) in [7, 11) is 0. The van der Waals surface area contributed by atoms with Gasteiger partial charge in [0.1, 0.15) is 5.75 Å². The third kappa shape index (κ3) is 3.14. The largest absolute Gasteiger partial charge is 0.493 e. The molecule has 0 aromatic heterocycles. The fraction of sp³-hybridized carbons (Fsp3) is 0.625. The number of nitrogens with two attached hydrogens (primary N) is 1. The van der Waals surface area contributed by atoms with Crippen LogP contribution in [0.4, 0.5) is 0 Å². The molecule has 1 fully saturated rings. The zero-order valence-corrected chi connectivity index (χ0v) is 12.0. The number of nitrogens with zero attached hydrogens (tertiary/aromatic N) is 1. The van der Waals surface area contributed by atoms with Crippen molar-refractivity contribution in [1.82, 2.24) is 4.90 Å². The Labute approximate surface area is 120 Å². The standard InChI is InChI=1S/C16H24N2O2/c17-7-10-19-14-5-8-18(9-6-14)11-13-12-20-16-4-2-1-3-15(13)16/h1-4,13-14H,5-12,17H2. The number of rotatable bonds is 5. The number of para-hydroxylation sites is 1. The van der Waals surface area contributed by atoms with Crippen LogP contribution in [0.2, 0.25) is 0 Å². The van der Waals surface area contributed by atoms with Gasteiger partial charge in [-0.2, -0.15) is 0 Å². The minimum atomic E-state index is 0.405. The van der Waals surface area contributed by atoms with Gasteiger partial charge in [-0.05, 0) is 18.9 Å². The highest BCUT2D eigenvalue weighted by atomic mass is 16.5. The zero-order chi connectivity index (χ0) is 13.8. The van der Waals surface area contributed by atoms with Crippen molar-refractivity contribution >= 4 is 0 Å². The summed E-state index contributed by atoms with van der Waals surface area (Å²) in [4.78, 5) is 2.54. The summed E-state index contributed by atoms with van der Waals surface area (Å²) in [5.74, 6) is 1.59. The molecule has 110 valence electrons. The van der Waals surface area contributed by atoms with Crippen LogP contribution in [0.3, 0.4) is 0 Å². The van der Waals surface area contributed by atoms with Crippen molar-refractivity contribution in [3.8, 4) is 5.75 Å². The summed E-state index contributed by atoms with van der Waals surface area (Å²) in [5, 5.41) is 0. The average molecular weight is 276 g/mol. The van der Waals surface area contributed by atoms with Gasteiger partial charge in [-0.1, -0.05) is 18.2 Å². The maximum Gasteiger partial charge on any atom is 0.122 e. The summed E-state index contributed by atoms with van der Waals surface area (Å²) >= 11 is 0. The lowest BCUT2D eigenvalue weighted by atomic mass is 9.99. The molecular weight excluding hydrogens is 252 g/mol. The van der Waals surface area contributed by atoms with Crippen LogP contribution in [0.1, 0.15) is 24.3 Å². The number of hydrogen-bond donors (Lipinski definition) is 1. The molecule has 1 aromatic rings. The lowest BCUT2D eigenvalue weighted by Crippen LogP contribution is -2.39. The summed E-state index contributed by atoms with van der Waals surface area (Å²) < 4.78 is 11.5.